The lowest BCUT2D eigenvalue weighted by atomic mass is 10.1. The van der Waals surface area contributed by atoms with E-state index < -0.39 is 7.25 Å². The maximum absolute atomic E-state index is 9.75. The van der Waals surface area contributed by atoms with E-state index >= 15 is 0 Å². The lowest BCUT2D eigenvalue weighted by Gasteiger charge is -2.12. The largest absolute Gasteiger partial charge is 0.673 e. The van der Waals surface area contributed by atoms with Crippen molar-refractivity contribution in [1.82, 2.24) is 0 Å². The Hall–Kier alpha value is -2.77. The van der Waals surface area contributed by atoms with Crippen molar-refractivity contribution in [2.75, 3.05) is 14.2 Å². The van der Waals surface area contributed by atoms with Crippen LogP contribution in [0.3, 0.4) is 0 Å². The molecule has 0 unspecified atom stereocenters. The molecule has 0 aliphatic carbocycles. The van der Waals surface area contributed by atoms with E-state index in [2.05, 4.69) is 61.7 Å². The number of fused-ring (bicyclic) bond motifs is 1. The quantitative estimate of drug-likeness (QED) is 0.317. The molecule has 1 heterocycles. The fraction of sp³-hybridized carbons (Fsp3) is 0.286. The first-order valence-corrected chi connectivity index (χ1v) is 9.13. The molecule has 0 amide bonds. The second-order valence-corrected chi connectivity index (χ2v) is 6.52. The number of benzene rings is 2. The Bertz CT molecular complexity index is 983. The summed E-state index contributed by atoms with van der Waals surface area (Å²) in [6.45, 7) is 6.44. The molecule has 3 aromatic rings. The van der Waals surface area contributed by atoms with Crippen molar-refractivity contribution in [2.45, 2.75) is 27.2 Å². The van der Waals surface area contributed by atoms with Crippen molar-refractivity contribution in [2.24, 2.45) is 0 Å². The molecule has 156 valence electrons. The molecule has 1 aromatic heterocycles. The molecule has 29 heavy (non-hydrogen) atoms. The topological polar surface area (TPSA) is 22.3 Å². The van der Waals surface area contributed by atoms with Gasteiger partial charge in [-0.25, -0.2) is 0 Å². The van der Waals surface area contributed by atoms with Gasteiger partial charge in [-0.1, -0.05) is 19.1 Å². The first-order chi connectivity index (χ1) is 13.6. The SMILES string of the molecule is CCc1ccc(-[n+]2c(C)cc3cc(OC)cc(OC)c3c2C)cc1.F[B-](F)(F)F. The lowest BCUT2D eigenvalue weighted by molar-refractivity contribution is -0.607. The highest BCUT2D eigenvalue weighted by Gasteiger charge is 2.22. The Morgan fingerprint density at radius 1 is 0.897 bits per heavy atom. The summed E-state index contributed by atoms with van der Waals surface area (Å²) in [5.41, 5.74) is 4.85. The molecule has 0 fully saturated rings. The molecule has 2 aromatic carbocycles. The van der Waals surface area contributed by atoms with Crippen LogP contribution in [0.1, 0.15) is 23.9 Å². The first-order valence-electron chi connectivity index (χ1n) is 9.13. The minimum atomic E-state index is -6.00. The molecule has 0 spiro atoms. The van der Waals surface area contributed by atoms with Crippen LogP contribution in [0.5, 0.6) is 11.5 Å². The van der Waals surface area contributed by atoms with Gasteiger partial charge in [-0.2, -0.15) is 4.57 Å². The lowest BCUT2D eigenvalue weighted by Crippen LogP contribution is -2.37. The Balaban J connectivity index is 0.000000537. The van der Waals surface area contributed by atoms with Gasteiger partial charge in [-0.3, -0.25) is 0 Å². The summed E-state index contributed by atoms with van der Waals surface area (Å²) < 4.78 is 52.3. The van der Waals surface area contributed by atoms with Crippen LogP contribution in [-0.2, 0) is 6.42 Å². The second-order valence-electron chi connectivity index (χ2n) is 6.52. The molecule has 0 radical (unpaired) electrons. The summed E-state index contributed by atoms with van der Waals surface area (Å²) in [5.74, 6) is 1.64. The fourth-order valence-electron chi connectivity index (χ4n) is 3.33. The van der Waals surface area contributed by atoms with Crippen LogP contribution in [0.2, 0.25) is 0 Å². The molecular formula is C21H24BF4NO2. The van der Waals surface area contributed by atoms with Crippen LogP contribution >= 0.6 is 0 Å². The molecule has 8 heteroatoms. The monoisotopic (exact) mass is 409 g/mol. The number of methoxy groups -OCH3 is 2. The molecule has 0 N–H and O–H groups in total. The van der Waals surface area contributed by atoms with Gasteiger partial charge in [0, 0.05) is 43.5 Å². The zero-order valence-electron chi connectivity index (χ0n) is 17.1. The average Bonchev–Trinajstić information content (AvgIpc) is 2.66. The van der Waals surface area contributed by atoms with Crippen molar-refractivity contribution in [3.05, 3.63) is 59.4 Å². The van der Waals surface area contributed by atoms with Crippen LogP contribution in [0.25, 0.3) is 16.5 Å². The number of aromatic nitrogens is 1. The van der Waals surface area contributed by atoms with E-state index in [1.165, 1.54) is 16.9 Å². The standard InChI is InChI=1S/C21H24NO2.BF4/c1-6-16-7-9-18(10-8-16)22-14(2)11-17-12-19(23-4)13-20(24-5)21(17)15(22)3;2-1(3,4)5/h7-13H,6H2,1-5H3;/q+1;-1. The number of aryl methyl sites for hydroxylation is 3. The summed E-state index contributed by atoms with van der Waals surface area (Å²) in [6, 6.07) is 14.9. The number of pyridine rings is 1. The number of hydrogen-bond acceptors (Lipinski definition) is 2. The maximum atomic E-state index is 9.75. The molecule has 0 bridgehead atoms. The summed E-state index contributed by atoms with van der Waals surface area (Å²) >= 11 is 0. The highest BCUT2D eigenvalue weighted by atomic mass is 19.5. The first kappa shape index (κ1) is 22.5. The van der Waals surface area contributed by atoms with Crippen molar-refractivity contribution >= 4 is 18.0 Å². The molecule has 0 saturated heterocycles. The molecule has 0 aliphatic rings. The number of hydrogen-bond donors (Lipinski definition) is 0. The van der Waals surface area contributed by atoms with Gasteiger partial charge < -0.3 is 26.7 Å². The van der Waals surface area contributed by atoms with Gasteiger partial charge in [-0.15, -0.1) is 0 Å². The van der Waals surface area contributed by atoms with Crippen molar-refractivity contribution in [3.63, 3.8) is 0 Å². The molecule has 0 saturated carbocycles. The van der Waals surface area contributed by atoms with Gasteiger partial charge in [0.15, 0.2) is 11.4 Å². The van der Waals surface area contributed by atoms with Gasteiger partial charge in [0.25, 0.3) is 0 Å². The van der Waals surface area contributed by atoms with Crippen molar-refractivity contribution in [1.29, 1.82) is 0 Å². The summed E-state index contributed by atoms with van der Waals surface area (Å²) in [7, 11) is -2.62. The van der Waals surface area contributed by atoms with Gasteiger partial charge >= 0.3 is 7.25 Å². The highest BCUT2D eigenvalue weighted by Crippen LogP contribution is 2.33. The van der Waals surface area contributed by atoms with Gasteiger partial charge in [0.1, 0.15) is 11.5 Å². The fourth-order valence-corrected chi connectivity index (χ4v) is 3.33. The zero-order valence-corrected chi connectivity index (χ0v) is 17.1. The minimum Gasteiger partial charge on any atom is -0.497 e. The van der Waals surface area contributed by atoms with E-state index in [1.807, 2.05) is 6.07 Å². The van der Waals surface area contributed by atoms with Gasteiger partial charge in [-0.05, 0) is 18.1 Å². The maximum Gasteiger partial charge on any atom is 0.673 e. The molecule has 0 atom stereocenters. The van der Waals surface area contributed by atoms with Crippen LogP contribution in [-0.4, -0.2) is 21.5 Å². The van der Waals surface area contributed by atoms with E-state index in [-0.39, 0.29) is 0 Å². The summed E-state index contributed by atoms with van der Waals surface area (Å²) in [5, 5.41) is 2.24. The van der Waals surface area contributed by atoms with E-state index in [9.17, 15) is 17.3 Å². The predicted molar refractivity (Wildman–Crippen MR) is 108 cm³/mol. The van der Waals surface area contributed by atoms with E-state index in [0.717, 1.165) is 34.4 Å². The van der Waals surface area contributed by atoms with Crippen LogP contribution in [0.4, 0.5) is 17.3 Å². The van der Waals surface area contributed by atoms with Crippen molar-refractivity contribution in [3.8, 4) is 17.2 Å². The summed E-state index contributed by atoms with van der Waals surface area (Å²) in [6.07, 6.45) is 1.05. The average molecular weight is 409 g/mol. The third-order valence-corrected chi connectivity index (χ3v) is 4.58. The second kappa shape index (κ2) is 9.16. The Labute approximate surface area is 168 Å². The van der Waals surface area contributed by atoms with Crippen LogP contribution < -0.4 is 14.0 Å². The van der Waals surface area contributed by atoms with E-state index in [4.69, 9.17) is 9.47 Å². The molecular weight excluding hydrogens is 385 g/mol. The zero-order chi connectivity index (χ0) is 21.8. The number of halogens is 4. The van der Waals surface area contributed by atoms with Crippen LogP contribution in [0, 0.1) is 13.8 Å². The Morgan fingerprint density at radius 3 is 1.97 bits per heavy atom. The smallest absolute Gasteiger partial charge is 0.497 e. The molecule has 3 nitrogen and oxygen atoms in total. The van der Waals surface area contributed by atoms with E-state index in [1.54, 1.807) is 14.2 Å². The predicted octanol–water partition coefficient (Wildman–Crippen LogP) is 5.61. The number of rotatable bonds is 4. The van der Waals surface area contributed by atoms with Crippen LogP contribution in [0.15, 0.2) is 42.5 Å². The number of nitrogens with zero attached hydrogens (tertiary/aromatic N) is 1. The third-order valence-electron chi connectivity index (χ3n) is 4.58. The minimum absolute atomic E-state index is 0.809. The normalized spacial score (nSPS) is 11.1. The highest BCUT2D eigenvalue weighted by molar-refractivity contribution is 6.50. The Kier molecular flexibility index (Phi) is 7.11. The molecule has 3 rings (SSSR count). The van der Waals surface area contributed by atoms with E-state index in [0.29, 0.717) is 0 Å². The van der Waals surface area contributed by atoms with Gasteiger partial charge in [0.05, 0.1) is 19.6 Å². The van der Waals surface area contributed by atoms with Crippen molar-refractivity contribution < 1.29 is 31.3 Å². The summed E-state index contributed by atoms with van der Waals surface area (Å²) in [4.78, 5) is 0. The Morgan fingerprint density at radius 2 is 1.48 bits per heavy atom. The molecule has 0 aliphatic heterocycles. The third kappa shape index (κ3) is 5.62. The van der Waals surface area contributed by atoms with Gasteiger partial charge in [0.2, 0.25) is 5.69 Å². The number of ether oxygens (including phenoxy) is 2.